The van der Waals surface area contributed by atoms with Crippen molar-refractivity contribution in [3.8, 4) is 16.9 Å². The lowest BCUT2D eigenvalue weighted by Gasteiger charge is -2.14. The molecular weight excluding hydrogens is 458 g/mol. The van der Waals surface area contributed by atoms with Gasteiger partial charge in [0.1, 0.15) is 4.32 Å². The van der Waals surface area contributed by atoms with Gasteiger partial charge in [0.15, 0.2) is 0 Å². The van der Waals surface area contributed by atoms with Crippen LogP contribution in [0.15, 0.2) is 90.0 Å². The van der Waals surface area contributed by atoms with Gasteiger partial charge in [-0.1, -0.05) is 102 Å². The highest BCUT2D eigenvalue weighted by Gasteiger charge is 2.32. The van der Waals surface area contributed by atoms with Gasteiger partial charge in [-0.25, -0.2) is 4.68 Å². The summed E-state index contributed by atoms with van der Waals surface area (Å²) < 4.78 is 2.43. The molecule has 0 atom stereocenters. The highest BCUT2D eigenvalue weighted by molar-refractivity contribution is 8.26. The Hall–Kier alpha value is -3.48. The van der Waals surface area contributed by atoms with Crippen molar-refractivity contribution in [2.75, 3.05) is 0 Å². The van der Waals surface area contributed by atoms with Gasteiger partial charge in [-0.3, -0.25) is 9.69 Å². The Labute approximate surface area is 208 Å². The summed E-state index contributed by atoms with van der Waals surface area (Å²) in [5.74, 6) is -0.0714. The van der Waals surface area contributed by atoms with Crippen molar-refractivity contribution in [2.24, 2.45) is 0 Å². The van der Waals surface area contributed by atoms with Crippen molar-refractivity contribution in [3.05, 3.63) is 112 Å². The Morgan fingerprint density at radius 3 is 2.24 bits per heavy atom. The predicted octanol–water partition coefficient (Wildman–Crippen LogP) is 6.56. The van der Waals surface area contributed by atoms with E-state index in [2.05, 4.69) is 43.3 Å². The van der Waals surface area contributed by atoms with Gasteiger partial charge in [0.25, 0.3) is 5.91 Å². The molecule has 5 rings (SSSR count). The van der Waals surface area contributed by atoms with E-state index >= 15 is 0 Å². The standard InChI is InChI=1S/C28H23N3OS2/c1-19-8-12-21(13-9-19)17-30-27(32)25(34-28(30)33)16-23-18-31(24-6-4-3-5-7-24)29-26(23)22-14-10-20(2)11-15-22/h3-16,18H,17H2,1-2H3/b25-16-. The Morgan fingerprint density at radius 1 is 0.912 bits per heavy atom. The zero-order valence-electron chi connectivity index (χ0n) is 18.9. The molecule has 0 unspecified atom stereocenters. The number of thioether (sulfide) groups is 1. The van der Waals surface area contributed by atoms with E-state index in [1.807, 2.05) is 66.3 Å². The lowest BCUT2D eigenvalue weighted by Crippen LogP contribution is -2.27. The first-order chi connectivity index (χ1) is 16.5. The van der Waals surface area contributed by atoms with Gasteiger partial charge < -0.3 is 0 Å². The lowest BCUT2D eigenvalue weighted by atomic mass is 10.1. The van der Waals surface area contributed by atoms with Crippen LogP contribution in [0.2, 0.25) is 0 Å². The fourth-order valence-corrected chi connectivity index (χ4v) is 5.04. The molecule has 2 heterocycles. The highest BCUT2D eigenvalue weighted by atomic mass is 32.2. The Bertz CT molecular complexity index is 1390. The third-order valence-corrected chi connectivity index (χ3v) is 7.09. The van der Waals surface area contributed by atoms with E-state index in [0.717, 1.165) is 28.1 Å². The Morgan fingerprint density at radius 2 is 1.56 bits per heavy atom. The number of rotatable bonds is 5. The summed E-state index contributed by atoms with van der Waals surface area (Å²) in [6.45, 7) is 4.58. The Balaban J connectivity index is 1.51. The molecule has 1 aliphatic rings. The van der Waals surface area contributed by atoms with Gasteiger partial charge in [-0.15, -0.1) is 0 Å². The molecule has 1 saturated heterocycles. The number of hydrogen-bond donors (Lipinski definition) is 0. The zero-order chi connectivity index (χ0) is 23.7. The minimum atomic E-state index is -0.0714. The summed E-state index contributed by atoms with van der Waals surface area (Å²) in [6.07, 6.45) is 3.88. The van der Waals surface area contributed by atoms with E-state index in [-0.39, 0.29) is 5.91 Å². The largest absolute Gasteiger partial charge is 0.288 e. The first-order valence-electron chi connectivity index (χ1n) is 11.0. The molecule has 1 fully saturated rings. The SMILES string of the molecule is Cc1ccc(CN2C(=O)/C(=C/c3cn(-c4ccccc4)nc3-c3ccc(C)cc3)SC2=S)cc1. The van der Waals surface area contributed by atoms with Gasteiger partial charge in [0.05, 0.1) is 22.8 Å². The van der Waals surface area contributed by atoms with Crippen LogP contribution in [-0.2, 0) is 11.3 Å². The molecule has 1 amide bonds. The van der Waals surface area contributed by atoms with Gasteiger partial charge >= 0.3 is 0 Å². The van der Waals surface area contributed by atoms with Crippen molar-refractivity contribution < 1.29 is 4.79 Å². The zero-order valence-corrected chi connectivity index (χ0v) is 20.6. The van der Waals surface area contributed by atoms with Crippen LogP contribution in [0.3, 0.4) is 0 Å². The highest BCUT2D eigenvalue weighted by Crippen LogP contribution is 2.35. The molecule has 34 heavy (non-hydrogen) atoms. The monoisotopic (exact) mass is 481 g/mol. The van der Waals surface area contributed by atoms with Crippen LogP contribution in [-0.4, -0.2) is 24.9 Å². The maximum Gasteiger partial charge on any atom is 0.266 e. The van der Waals surface area contributed by atoms with E-state index in [1.54, 1.807) is 4.90 Å². The molecule has 0 saturated carbocycles. The van der Waals surface area contributed by atoms with Crippen LogP contribution in [0.4, 0.5) is 0 Å². The van der Waals surface area contributed by atoms with Crippen LogP contribution < -0.4 is 0 Å². The maximum absolute atomic E-state index is 13.3. The summed E-state index contributed by atoms with van der Waals surface area (Å²) in [7, 11) is 0. The van der Waals surface area contributed by atoms with Crippen molar-refractivity contribution in [3.63, 3.8) is 0 Å². The first-order valence-corrected chi connectivity index (χ1v) is 12.2. The molecule has 0 bridgehead atoms. The fraction of sp³-hybridized carbons (Fsp3) is 0.107. The van der Waals surface area contributed by atoms with Crippen LogP contribution >= 0.6 is 24.0 Å². The van der Waals surface area contributed by atoms with Gasteiger partial charge in [0, 0.05) is 17.3 Å². The molecule has 0 N–H and O–H groups in total. The second-order valence-electron chi connectivity index (χ2n) is 8.33. The molecule has 3 aromatic carbocycles. The summed E-state index contributed by atoms with van der Waals surface area (Å²) in [5.41, 5.74) is 7.10. The number of nitrogens with zero attached hydrogens (tertiary/aromatic N) is 3. The van der Waals surface area contributed by atoms with Crippen LogP contribution in [0.1, 0.15) is 22.3 Å². The average molecular weight is 482 g/mol. The van der Waals surface area contributed by atoms with Crippen LogP contribution in [0, 0.1) is 13.8 Å². The van der Waals surface area contributed by atoms with Crippen molar-refractivity contribution in [1.82, 2.24) is 14.7 Å². The fourth-order valence-electron chi connectivity index (χ4n) is 3.80. The van der Waals surface area contributed by atoms with E-state index < -0.39 is 0 Å². The number of aromatic nitrogens is 2. The van der Waals surface area contributed by atoms with E-state index in [0.29, 0.717) is 15.8 Å². The first kappa shape index (κ1) is 22.3. The number of amides is 1. The number of aryl methyl sites for hydroxylation is 2. The number of carbonyl (C=O) groups excluding carboxylic acids is 1. The third-order valence-electron chi connectivity index (χ3n) is 5.71. The summed E-state index contributed by atoms with van der Waals surface area (Å²) in [6, 6.07) is 26.4. The molecule has 168 valence electrons. The predicted molar refractivity (Wildman–Crippen MR) is 144 cm³/mol. The molecular formula is C28H23N3OS2. The smallest absolute Gasteiger partial charge is 0.266 e. The molecule has 1 aromatic heterocycles. The molecule has 4 nitrogen and oxygen atoms in total. The van der Waals surface area contributed by atoms with Crippen molar-refractivity contribution in [2.45, 2.75) is 20.4 Å². The number of hydrogen-bond acceptors (Lipinski definition) is 4. The van der Waals surface area contributed by atoms with E-state index in [9.17, 15) is 4.79 Å². The topological polar surface area (TPSA) is 38.1 Å². The summed E-state index contributed by atoms with van der Waals surface area (Å²) in [4.78, 5) is 15.6. The number of thiocarbonyl (C=S) groups is 1. The second-order valence-corrected chi connectivity index (χ2v) is 10.0. The quantitative estimate of drug-likeness (QED) is 0.239. The Kier molecular flexibility index (Phi) is 6.18. The molecule has 6 heteroatoms. The average Bonchev–Trinajstić information content (AvgIpc) is 3.38. The van der Waals surface area contributed by atoms with Gasteiger partial charge in [0.2, 0.25) is 0 Å². The maximum atomic E-state index is 13.3. The summed E-state index contributed by atoms with van der Waals surface area (Å²) in [5, 5.41) is 4.87. The van der Waals surface area contributed by atoms with Crippen molar-refractivity contribution >= 4 is 40.3 Å². The van der Waals surface area contributed by atoms with Gasteiger partial charge in [-0.05, 0) is 37.6 Å². The minimum Gasteiger partial charge on any atom is -0.288 e. The van der Waals surface area contributed by atoms with E-state index in [1.165, 1.54) is 22.9 Å². The molecule has 0 radical (unpaired) electrons. The summed E-state index contributed by atoms with van der Waals surface area (Å²) >= 11 is 6.91. The number of carbonyl (C=O) groups is 1. The van der Waals surface area contributed by atoms with Crippen LogP contribution in [0.5, 0.6) is 0 Å². The molecule has 0 spiro atoms. The molecule has 0 aliphatic carbocycles. The normalized spacial score (nSPS) is 14.9. The second kappa shape index (κ2) is 9.41. The van der Waals surface area contributed by atoms with Crippen molar-refractivity contribution in [1.29, 1.82) is 0 Å². The van der Waals surface area contributed by atoms with E-state index in [4.69, 9.17) is 17.3 Å². The molecule has 1 aliphatic heterocycles. The number of benzene rings is 3. The lowest BCUT2D eigenvalue weighted by molar-refractivity contribution is -0.122. The third kappa shape index (κ3) is 4.60. The molecule has 4 aromatic rings. The van der Waals surface area contributed by atoms with Gasteiger partial charge in [-0.2, -0.15) is 5.10 Å². The number of para-hydroxylation sites is 1. The van der Waals surface area contributed by atoms with Crippen LogP contribution in [0.25, 0.3) is 23.0 Å². The minimum absolute atomic E-state index is 0.0714.